The average molecular weight is 406 g/mol. The summed E-state index contributed by atoms with van der Waals surface area (Å²) < 4.78 is 69.3. The Kier molecular flexibility index (Phi) is 4.97. The van der Waals surface area contributed by atoms with Gasteiger partial charge in [0.1, 0.15) is 5.82 Å². The molecule has 0 heterocycles. The lowest BCUT2D eigenvalue weighted by molar-refractivity contribution is -0.275. The van der Waals surface area contributed by atoms with Crippen molar-refractivity contribution in [3.05, 3.63) is 76.9 Å². The summed E-state index contributed by atoms with van der Waals surface area (Å²) in [5.74, 6) is -2.17. The van der Waals surface area contributed by atoms with E-state index in [1.54, 1.807) is 6.07 Å². The van der Waals surface area contributed by atoms with Gasteiger partial charge in [0.2, 0.25) is 0 Å². The number of benzene rings is 3. The van der Waals surface area contributed by atoms with Crippen LogP contribution in [-0.2, 0) is 6.42 Å². The van der Waals surface area contributed by atoms with Crippen molar-refractivity contribution in [3.63, 3.8) is 0 Å². The van der Waals surface area contributed by atoms with Gasteiger partial charge in [-0.25, -0.2) is 8.78 Å². The van der Waals surface area contributed by atoms with Gasteiger partial charge in [0.25, 0.3) is 0 Å². The number of ether oxygens (including phenoxy) is 1. The minimum absolute atomic E-state index is 0.175. The van der Waals surface area contributed by atoms with Crippen LogP contribution in [-0.4, -0.2) is 6.36 Å². The van der Waals surface area contributed by atoms with Gasteiger partial charge < -0.3 is 4.74 Å². The van der Waals surface area contributed by atoms with Gasteiger partial charge in [0.15, 0.2) is 11.6 Å². The summed E-state index contributed by atoms with van der Waals surface area (Å²) >= 11 is 0. The lowest BCUT2D eigenvalue weighted by atomic mass is 9.70. The van der Waals surface area contributed by atoms with Crippen LogP contribution in [0.1, 0.15) is 42.4 Å². The summed E-state index contributed by atoms with van der Waals surface area (Å²) in [6, 6.07) is 12.2. The fraction of sp³-hybridized carbons (Fsp3) is 0.304. The van der Waals surface area contributed by atoms with Gasteiger partial charge in [-0.3, -0.25) is 0 Å². The number of aryl methyl sites for hydroxylation is 1. The van der Waals surface area contributed by atoms with E-state index < -0.39 is 17.9 Å². The lowest BCUT2D eigenvalue weighted by Gasteiger charge is -2.34. The fourth-order valence-corrected chi connectivity index (χ4v) is 4.50. The summed E-state index contributed by atoms with van der Waals surface area (Å²) in [5.41, 5.74) is 2.60. The minimum Gasteiger partial charge on any atom is -0.403 e. The Bertz CT molecular complexity index is 1060. The molecule has 4 rings (SSSR count). The topological polar surface area (TPSA) is 9.23 Å². The summed E-state index contributed by atoms with van der Waals surface area (Å²) in [7, 11) is 0. The van der Waals surface area contributed by atoms with Crippen LogP contribution in [0.3, 0.4) is 0 Å². The van der Waals surface area contributed by atoms with Crippen LogP contribution in [0.5, 0.6) is 5.75 Å². The molecule has 0 saturated carbocycles. The van der Waals surface area contributed by atoms with Crippen molar-refractivity contribution < 1.29 is 26.7 Å². The normalized spacial score (nSPS) is 19.2. The molecule has 0 aromatic heterocycles. The molecule has 0 amide bonds. The molecule has 1 aliphatic rings. The van der Waals surface area contributed by atoms with Gasteiger partial charge in [-0.15, -0.1) is 13.2 Å². The van der Waals surface area contributed by atoms with Crippen molar-refractivity contribution >= 4 is 10.8 Å². The average Bonchev–Trinajstić information content (AvgIpc) is 2.67. The van der Waals surface area contributed by atoms with E-state index in [1.165, 1.54) is 18.2 Å². The number of halogens is 5. The number of hydrogen-bond donors (Lipinski definition) is 0. The summed E-state index contributed by atoms with van der Waals surface area (Å²) in [6.45, 7) is 2.04. The Hall–Kier alpha value is -2.63. The molecule has 1 nitrogen and oxygen atoms in total. The number of rotatable bonds is 3. The molecule has 3 aromatic carbocycles. The maximum atomic E-state index is 14.4. The molecule has 0 radical (unpaired) electrons. The molecular weight excluding hydrogens is 387 g/mol. The molecule has 0 N–H and O–H groups in total. The van der Waals surface area contributed by atoms with Crippen LogP contribution in [0.4, 0.5) is 22.0 Å². The van der Waals surface area contributed by atoms with Crippen molar-refractivity contribution in [1.82, 2.24) is 0 Å². The molecule has 0 spiro atoms. The molecule has 0 fully saturated rings. The van der Waals surface area contributed by atoms with Crippen molar-refractivity contribution in [1.29, 1.82) is 0 Å². The van der Waals surface area contributed by atoms with E-state index in [2.05, 4.69) is 4.74 Å². The van der Waals surface area contributed by atoms with E-state index in [4.69, 9.17) is 0 Å². The molecule has 0 bridgehead atoms. The second kappa shape index (κ2) is 7.32. The Morgan fingerprint density at radius 1 is 1.00 bits per heavy atom. The van der Waals surface area contributed by atoms with Crippen LogP contribution < -0.4 is 4.74 Å². The van der Waals surface area contributed by atoms with E-state index in [0.717, 1.165) is 53.3 Å². The molecule has 0 aliphatic heterocycles. The van der Waals surface area contributed by atoms with Crippen molar-refractivity contribution in [2.24, 2.45) is 5.92 Å². The predicted molar refractivity (Wildman–Crippen MR) is 101 cm³/mol. The summed E-state index contributed by atoms with van der Waals surface area (Å²) in [5, 5.41) is 1.76. The van der Waals surface area contributed by atoms with Crippen LogP contribution in [0.2, 0.25) is 0 Å². The molecule has 0 saturated heterocycles. The van der Waals surface area contributed by atoms with Crippen LogP contribution in [0.25, 0.3) is 10.8 Å². The van der Waals surface area contributed by atoms with E-state index in [0.29, 0.717) is 5.56 Å². The van der Waals surface area contributed by atoms with Crippen LogP contribution in [0, 0.1) is 17.6 Å². The lowest BCUT2D eigenvalue weighted by Crippen LogP contribution is -2.22. The highest BCUT2D eigenvalue weighted by atomic mass is 19.4. The first kappa shape index (κ1) is 19.7. The van der Waals surface area contributed by atoms with Gasteiger partial charge in [-0.05, 0) is 70.5 Å². The molecule has 152 valence electrons. The maximum absolute atomic E-state index is 14.4. The van der Waals surface area contributed by atoms with E-state index in [9.17, 15) is 22.0 Å². The van der Waals surface area contributed by atoms with Crippen molar-refractivity contribution in [3.8, 4) is 5.75 Å². The number of hydrogen-bond acceptors (Lipinski definition) is 1. The monoisotopic (exact) mass is 406 g/mol. The Balaban J connectivity index is 1.82. The first-order valence-corrected chi connectivity index (χ1v) is 9.53. The standard InChI is InChI=1S/C23H19F5O/c1-2-13-4-8-17-18(9-5-14-3-7-16(24)12-19(14)17)22(13)15-6-10-21(20(25)11-15)29-23(26,27)28/h3,5-7,9-13,22H,2,4,8H2,1H3/t13-,22-/m1/s1. The zero-order valence-corrected chi connectivity index (χ0v) is 15.7. The smallest absolute Gasteiger partial charge is 0.403 e. The number of alkyl halides is 3. The van der Waals surface area contributed by atoms with Crippen LogP contribution >= 0.6 is 0 Å². The van der Waals surface area contributed by atoms with Gasteiger partial charge in [0.05, 0.1) is 0 Å². The molecule has 3 aromatic rings. The second-order valence-corrected chi connectivity index (χ2v) is 7.42. The highest BCUT2D eigenvalue weighted by Crippen LogP contribution is 2.45. The molecular formula is C23H19F5O. The van der Waals surface area contributed by atoms with Crippen molar-refractivity contribution in [2.75, 3.05) is 0 Å². The van der Waals surface area contributed by atoms with Gasteiger partial charge in [-0.1, -0.05) is 37.6 Å². The predicted octanol–water partition coefficient (Wildman–Crippen LogP) is 7.12. The third-order valence-electron chi connectivity index (χ3n) is 5.77. The Labute approximate surface area is 165 Å². The largest absolute Gasteiger partial charge is 0.573 e. The summed E-state index contributed by atoms with van der Waals surface area (Å²) in [4.78, 5) is 0. The van der Waals surface area contributed by atoms with E-state index in [-0.39, 0.29) is 17.7 Å². The summed E-state index contributed by atoms with van der Waals surface area (Å²) in [6.07, 6.45) is -2.49. The van der Waals surface area contributed by atoms with Gasteiger partial charge in [-0.2, -0.15) is 0 Å². The minimum atomic E-state index is -4.95. The highest BCUT2D eigenvalue weighted by molar-refractivity contribution is 5.87. The van der Waals surface area contributed by atoms with E-state index in [1.807, 2.05) is 19.1 Å². The number of fused-ring (bicyclic) bond motifs is 3. The van der Waals surface area contributed by atoms with E-state index >= 15 is 0 Å². The van der Waals surface area contributed by atoms with Crippen molar-refractivity contribution in [2.45, 2.75) is 38.5 Å². The van der Waals surface area contributed by atoms with Crippen LogP contribution in [0.15, 0.2) is 48.5 Å². The molecule has 0 unspecified atom stereocenters. The van der Waals surface area contributed by atoms with Gasteiger partial charge in [0, 0.05) is 5.92 Å². The Morgan fingerprint density at radius 3 is 2.45 bits per heavy atom. The molecule has 1 aliphatic carbocycles. The molecule has 29 heavy (non-hydrogen) atoms. The highest BCUT2D eigenvalue weighted by Gasteiger charge is 2.34. The molecule has 6 heteroatoms. The zero-order chi connectivity index (χ0) is 20.8. The second-order valence-electron chi connectivity index (χ2n) is 7.42. The Morgan fingerprint density at radius 2 is 1.76 bits per heavy atom. The fourth-order valence-electron chi connectivity index (χ4n) is 4.50. The SMILES string of the molecule is CC[C@@H]1CCc2c(ccc3ccc(F)cc23)[C@H]1c1ccc(OC(F)(F)F)c(F)c1. The first-order chi connectivity index (χ1) is 13.8. The quantitative estimate of drug-likeness (QED) is 0.421. The third-order valence-corrected chi connectivity index (χ3v) is 5.77. The first-order valence-electron chi connectivity index (χ1n) is 9.53. The van der Waals surface area contributed by atoms with Gasteiger partial charge >= 0.3 is 6.36 Å². The zero-order valence-electron chi connectivity index (χ0n) is 15.7. The maximum Gasteiger partial charge on any atom is 0.573 e. The molecule has 2 atom stereocenters. The third kappa shape index (κ3) is 3.80.